The Kier molecular flexibility index (Phi) is 4.39. The number of methoxy groups -OCH3 is 1. The predicted octanol–water partition coefficient (Wildman–Crippen LogP) is 3.50. The Hall–Kier alpha value is -2.34. The maximum absolute atomic E-state index is 5.70. The third kappa shape index (κ3) is 3.28. The standard InChI is InChI=1S/C16H17N3O2S/c1-11-8-14-15(18-10-19-16(14)22-11)17-6-7-21-13-5-3-4-12(9-13)20-2/h3-5,8-10H,6-7H2,1-2H3,(H,17,18,19). The number of thiophene rings is 1. The van der Waals surface area contributed by atoms with E-state index in [1.807, 2.05) is 24.3 Å². The van der Waals surface area contributed by atoms with Gasteiger partial charge in [0.25, 0.3) is 0 Å². The van der Waals surface area contributed by atoms with Crippen LogP contribution in [0.5, 0.6) is 11.5 Å². The van der Waals surface area contributed by atoms with Crippen LogP contribution in [0.15, 0.2) is 36.7 Å². The third-order valence-corrected chi connectivity index (χ3v) is 4.12. The summed E-state index contributed by atoms with van der Waals surface area (Å²) in [7, 11) is 1.64. The molecule has 22 heavy (non-hydrogen) atoms. The van der Waals surface area contributed by atoms with E-state index < -0.39 is 0 Å². The normalized spacial score (nSPS) is 10.6. The van der Waals surface area contributed by atoms with Crippen LogP contribution < -0.4 is 14.8 Å². The number of aryl methyl sites for hydroxylation is 1. The highest BCUT2D eigenvalue weighted by Crippen LogP contribution is 2.27. The molecule has 5 nitrogen and oxygen atoms in total. The second-order valence-corrected chi connectivity index (χ2v) is 5.99. The highest BCUT2D eigenvalue weighted by Gasteiger charge is 2.06. The Morgan fingerprint density at radius 2 is 2.05 bits per heavy atom. The van der Waals surface area contributed by atoms with Gasteiger partial charge in [0.15, 0.2) is 0 Å². The Labute approximate surface area is 132 Å². The summed E-state index contributed by atoms with van der Waals surface area (Å²) in [4.78, 5) is 10.8. The average molecular weight is 315 g/mol. The van der Waals surface area contributed by atoms with Gasteiger partial charge in [-0.15, -0.1) is 11.3 Å². The molecule has 0 amide bonds. The van der Waals surface area contributed by atoms with Crippen LogP contribution in [0.25, 0.3) is 10.2 Å². The summed E-state index contributed by atoms with van der Waals surface area (Å²) in [5.74, 6) is 2.43. The topological polar surface area (TPSA) is 56.3 Å². The van der Waals surface area contributed by atoms with Crippen molar-refractivity contribution in [3.05, 3.63) is 41.5 Å². The number of rotatable bonds is 6. The van der Waals surface area contributed by atoms with Gasteiger partial charge in [-0.2, -0.15) is 0 Å². The van der Waals surface area contributed by atoms with Crippen molar-refractivity contribution < 1.29 is 9.47 Å². The summed E-state index contributed by atoms with van der Waals surface area (Å²) in [5.41, 5.74) is 0. The summed E-state index contributed by atoms with van der Waals surface area (Å²) in [6, 6.07) is 9.68. The SMILES string of the molecule is COc1cccc(OCCNc2ncnc3sc(C)cc23)c1. The molecule has 0 atom stereocenters. The van der Waals surface area contributed by atoms with E-state index in [1.54, 1.807) is 24.8 Å². The molecule has 0 unspecified atom stereocenters. The average Bonchev–Trinajstić information content (AvgIpc) is 2.92. The first-order valence-electron chi connectivity index (χ1n) is 6.98. The van der Waals surface area contributed by atoms with Crippen LogP contribution in [0.3, 0.4) is 0 Å². The van der Waals surface area contributed by atoms with Gasteiger partial charge in [0.2, 0.25) is 0 Å². The fourth-order valence-electron chi connectivity index (χ4n) is 2.15. The Morgan fingerprint density at radius 1 is 1.18 bits per heavy atom. The van der Waals surface area contributed by atoms with Crippen molar-refractivity contribution in [1.82, 2.24) is 9.97 Å². The van der Waals surface area contributed by atoms with Crippen LogP contribution in [-0.4, -0.2) is 30.2 Å². The highest BCUT2D eigenvalue weighted by molar-refractivity contribution is 7.18. The maximum atomic E-state index is 5.70. The van der Waals surface area contributed by atoms with Crippen LogP contribution >= 0.6 is 11.3 Å². The van der Waals surface area contributed by atoms with E-state index in [4.69, 9.17) is 9.47 Å². The fourth-order valence-corrected chi connectivity index (χ4v) is 2.99. The summed E-state index contributed by atoms with van der Waals surface area (Å²) < 4.78 is 10.9. The molecule has 3 aromatic rings. The minimum atomic E-state index is 0.543. The molecule has 0 aliphatic heterocycles. The molecular formula is C16H17N3O2S. The molecule has 0 saturated heterocycles. The maximum Gasteiger partial charge on any atom is 0.138 e. The molecule has 0 spiro atoms. The number of ether oxygens (including phenoxy) is 2. The van der Waals surface area contributed by atoms with Crippen molar-refractivity contribution in [2.45, 2.75) is 6.92 Å². The van der Waals surface area contributed by atoms with Gasteiger partial charge < -0.3 is 14.8 Å². The lowest BCUT2D eigenvalue weighted by atomic mass is 10.3. The zero-order chi connectivity index (χ0) is 15.4. The molecule has 114 valence electrons. The first-order valence-corrected chi connectivity index (χ1v) is 7.80. The quantitative estimate of drug-likeness (QED) is 0.706. The lowest BCUT2D eigenvalue weighted by molar-refractivity contribution is 0.329. The minimum Gasteiger partial charge on any atom is -0.497 e. The van der Waals surface area contributed by atoms with Crippen molar-refractivity contribution in [3.63, 3.8) is 0 Å². The molecule has 0 fully saturated rings. The van der Waals surface area contributed by atoms with Crippen molar-refractivity contribution in [1.29, 1.82) is 0 Å². The molecule has 1 aromatic carbocycles. The van der Waals surface area contributed by atoms with Crippen molar-refractivity contribution in [2.24, 2.45) is 0 Å². The summed E-state index contributed by atoms with van der Waals surface area (Å²) in [6.07, 6.45) is 1.59. The molecule has 6 heteroatoms. The molecule has 2 heterocycles. The van der Waals surface area contributed by atoms with E-state index in [1.165, 1.54) is 4.88 Å². The lowest BCUT2D eigenvalue weighted by Crippen LogP contribution is -2.12. The Balaban J connectivity index is 1.58. The molecule has 1 N–H and O–H groups in total. The zero-order valence-corrected chi connectivity index (χ0v) is 13.3. The molecule has 0 bridgehead atoms. The van der Waals surface area contributed by atoms with Crippen LogP contribution in [0.1, 0.15) is 4.88 Å². The van der Waals surface area contributed by atoms with Gasteiger partial charge >= 0.3 is 0 Å². The van der Waals surface area contributed by atoms with Gasteiger partial charge in [0.05, 0.1) is 19.0 Å². The molecule has 0 aliphatic rings. The lowest BCUT2D eigenvalue weighted by Gasteiger charge is -2.09. The molecule has 0 radical (unpaired) electrons. The number of aromatic nitrogens is 2. The second kappa shape index (κ2) is 6.62. The van der Waals surface area contributed by atoms with Crippen LogP contribution in [0, 0.1) is 6.92 Å². The first-order chi connectivity index (χ1) is 10.8. The van der Waals surface area contributed by atoms with Gasteiger partial charge in [-0.05, 0) is 25.1 Å². The first kappa shape index (κ1) is 14.6. The number of nitrogens with one attached hydrogen (secondary N) is 1. The van der Waals surface area contributed by atoms with E-state index in [9.17, 15) is 0 Å². The smallest absolute Gasteiger partial charge is 0.138 e. The van der Waals surface area contributed by atoms with Gasteiger partial charge in [-0.25, -0.2) is 9.97 Å². The molecule has 0 aliphatic carbocycles. The van der Waals surface area contributed by atoms with Gasteiger partial charge in [-0.3, -0.25) is 0 Å². The van der Waals surface area contributed by atoms with E-state index in [0.29, 0.717) is 13.2 Å². The van der Waals surface area contributed by atoms with Gasteiger partial charge in [-0.1, -0.05) is 6.07 Å². The number of benzene rings is 1. The number of anilines is 1. The van der Waals surface area contributed by atoms with Gasteiger partial charge in [0.1, 0.15) is 35.1 Å². The zero-order valence-electron chi connectivity index (χ0n) is 12.5. The third-order valence-electron chi connectivity index (χ3n) is 3.16. The van der Waals surface area contributed by atoms with Gasteiger partial charge in [0, 0.05) is 10.9 Å². The summed E-state index contributed by atoms with van der Waals surface area (Å²) in [6.45, 7) is 3.28. The van der Waals surface area contributed by atoms with Crippen molar-refractivity contribution in [2.75, 3.05) is 25.6 Å². The molecule has 3 rings (SSSR count). The minimum absolute atomic E-state index is 0.543. The summed E-state index contributed by atoms with van der Waals surface area (Å²) in [5, 5.41) is 4.36. The van der Waals surface area contributed by atoms with E-state index in [-0.39, 0.29) is 0 Å². The second-order valence-electron chi connectivity index (χ2n) is 4.75. The number of fused-ring (bicyclic) bond motifs is 1. The number of hydrogen-bond acceptors (Lipinski definition) is 6. The molecular weight excluding hydrogens is 298 g/mol. The van der Waals surface area contributed by atoms with E-state index in [2.05, 4.69) is 28.3 Å². The van der Waals surface area contributed by atoms with Crippen molar-refractivity contribution >= 4 is 27.4 Å². The molecule has 0 saturated carbocycles. The fraction of sp³-hybridized carbons (Fsp3) is 0.250. The van der Waals surface area contributed by atoms with E-state index in [0.717, 1.165) is 27.5 Å². The monoisotopic (exact) mass is 315 g/mol. The largest absolute Gasteiger partial charge is 0.497 e. The predicted molar refractivity (Wildman–Crippen MR) is 89.1 cm³/mol. The van der Waals surface area contributed by atoms with Crippen molar-refractivity contribution in [3.8, 4) is 11.5 Å². The van der Waals surface area contributed by atoms with Crippen LogP contribution in [0.2, 0.25) is 0 Å². The highest BCUT2D eigenvalue weighted by atomic mass is 32.1. The van der Waals surface area contributed by atoms with E-state index >= 15 is 0 Å². The Bertz CT molecular complexity index is 773. The number of nitrogens with zero attached hydrogens (tertiary/aromatic N) is 2. The van der Waals surface area contributed by atoms with Crippen LogP contribution in [-0.2, 0) is 0 Å². The van der Waals surface area contributed by atoms with Crippen LogP contribution in [0.4, 0.5) is 5.82 Å². The number of hydrogen-bond donors (Lipinski definition) is 1. The Morgan fingerprint density at radius 3 is 2.91 bits per heavy atom. The molecule has 2 aromatic heterocycles. The summed E-state index contributed by atoms with van der Waals surface area (Å²) >= 11 is 1.67.